The van der Waals surface area contributed by atoms with E-state index in [9.17, 15) is 14.9 Å². The fourth-order valence-electron chi connectivity index (χ4n) is 4.61. The van der Waals surface area contributed by atoms with Gasteiger partial charge in [-0.3, -0.25) is 15.0 Å². The molecule has 0 aromatic heterocycles. The Morgan fingerprint density at radius 2 is 1.68 bits per heavy atom. The maximum atomic E-state index is 13.2. The molecule has 0 unspecified atom stereocenters. The van der Waals surface area contributed by atoms with Gasteiger partial charge in [0.15, 0.2) is 0 Å². The lowest BCUT2D eigenvalue weighted by molar-refractivity contribution is -0.384. The molecule has 0 bridgehead atoms. The zero-order valence-electron chi connectivity index (χ0n) is 17.0. The number of hydrogen-bond acceptors (Lipinski definition) is 3. The average Bonchev–Trinajstić information content (AvgIpc) is 3.04. The summed E-state index contributed by atoms with van der Waals surface area (Å²) in [5.41, 5.74) is 1.39. The van der Waals surface area contributed by atoms with Gasteiger partial charge in [-0.1, -0.05) is 52.0 Å². The second kappa shape index (κ2) is 6.93. The van der Waals surface area contributed by atoms with Crippen molar-refractivity contribution in [3.8, 4) is 0 Å². The van der Waals surface area contributed by atoms with E-state index in [0.717, 1.165) is 5.69 Å². The molecule has 28 heavy (non-hydrogen) atoms. The van der Waals surface area contributed by atoms with E-state index in [4.69, 9.17) is 0 Å². The Bertz CT molecular complexity index is 879. The normalized spacial score (nSPS) is 18.2. The number of urea groups is 1. The molecule has 2 aromatic carbocycles. The van der Waals surface area contributed by atoms with Crippen LogP contribution >= 0.6 is 0 Å². The average molecular weight is 381 g/mol. The lowest BCUT2D eigenvalue weighted by Gasteiger charge is -2.31. The molecule has 1 atom stereocenters. The predicted molar refractivity (Wildman–Crippen MR) is 112 cm³/mol. The standard InChI is InChI=1S/C22H27N3O3/c1-15(19-21(2,3)22(19,4)5)24(17-11-7-6-8-12-17)20(26)23-16-10-9-13-18(14-16)25(27)28/h6-15,19H,1-5H3,(H,23,26)/t15-/m1/s1. The fraction of sp³-hybridized carbons (Fsp3) is 0.409. The van der Waals surface area contributed by atoms with Crippen molar-refractivity contribution in [1.29, 1.82) is 0 Å². The van der Waals surface area contributed by atoms with Gasteiger partial charge in [-0.2, -0.15) is 0 Å². The lowest BCUT2D eigenvalue weighted by atomic mass is 10.0. The minimum absolute atomic E-state index is 0.0360. The van der Waals surface area contributed by atoms with Crippen molar-refractivity contribution >= 4 is 23.1 Å². The number of para-hydroxylation sites is 1. The van der Waals surface area contributed by atoms with Crippen LogP contribution in [-0.2, 0) is 0 Å². The van der Waals surface area contributed by atoms with Gasteiger partial charge in [-0.15, -0.1) is 0 Å². The second-order valence-electron chi connectivity index (χ2n) is 8.60. The number of benzene rings is 2. The van der Waals surface area contributed by atoms with Gasteiger partial charge in [0, 0.05) is 29.5 Å². The van der Waals surface area contributed by atoms with Crippen LogP contribution in [0.5, 0.6) is 0 Å². The number of non-ortho nitro benzene ring substituents is 1. The van der Waals surface area contributed by atoms with E-state index in [1.807, 2.05) is 30.3 Å². The second-order valence-corrected chi connectivity index (χ2v) is 8.60. The van der Waals surface area contributed by atoms with Crippen molar-refractivity contribution in [2.24, 2.45) is 16.7 Å². The highest BCUT2D eigenvalue weighted by molar-refractivity contribution is 6.02. The molecule has 0 heterocycles. The van der Waals surface area contributed by atoms with Crippen LogP contribution in [0.15, 0.2) is 54.6 Å². The van der Waals surface area contributed by atoms with Crippen molar-refractivity contribution in [1.82, 2.24) is 0 Å². The summed E-state index contributed by atoms with van der Waals surface area (Å²) in [5.74, 6) is 0.330. The molecular formula is C22H27N3O3. The summed E-state index contributed by atoms with van der Waals surface area (Å²) in [6.45, 7) is 11.0. The first-order valence-electron chi connectivity index (χ1n) is 9.47. The molecule has 6 heteroatoms. The Hall–Kier alpha value is -2.89. The molecule has 1 saturated carbocycles. The van der Waals surface area contributed by atoms with Crippen molar-refractivity contribution in [3.63, 3.8) is 0 Å². The third-order valence-corrected chi connectivity index (χ3v) is 6.58. The van der Waals surface area contributed by atoms with E-state index in [-0.39, 0.29) is 28.6 Å². The Morgan fingerprint density at radius 3 is 2.21 bits per heavy atom. The summed E-state index contributed by atoms with van der Waals surface area (Å²) < 4.78 is 0. The van der Waals surface area contributed by atoms with Gasteiger partial charge < -0.3 is 5.32 Å². The lowest BCUT2D eigenvalue weighted by Crippen LogP contribution is -2.44. The zero-order valence-corrected chi connectivity index (χ0v) is 17.0. The highest BCUT2D eigenvalue weighted by Crippen LogP contribution is 2.70. The van der Waals surface area contributed by atoms with Crippen LogP contribution in [0.4, 0.5) is 21.9 Å². The van der Waals surface area contributed by atoms with Gasteiger partial charge in [-0.25, -0.2) is 4.79 Å². The quantitative estimate of drug-likeness (QED) is 0.533. The van der Waals surface area contributed by atoms with Crippen molar-refractivity contribution < 1.29 is 9.72 Å². The SMILES string of the molecule is C[C@H](C1C(C)(C)C1(C)C)N(C(=O)Nc1cccc([N+](=O)[O-])c1)c1ccccc1. The molecule has 1 aliphatic rings. The molecule has 1 fully saturated rings. The first kappa shape index (κ1) is 19.9. The number of nitro groups is 1. The molecule has 0 radical (unpaired) electrons. The molecule has 6 nitrogen and oxygen atoms in total. The van der Waals surface area contributed by atoms with E-state index in [0.29, 0.717) is 11.6 Å². The number of carbonyl (C=O) groups excluding carboxylic acids is 1. The number of rotatable bonds is 5. The Kier molecular flexibility index (Phi) is 4.91. The summed E-state index contributed by atoms with van der Waals surface area (Å²) in [4.78, 5) is 25.6. The Labute approximate surface area is 165 Å². The Morgan fingerprint density at radius 1 is 1.07 bits per heavy atom. The van der Waals surface area contributed by atoms with Gasteiger partial charge in [0.1, 0.15) is 0 Å². The minimum Gasteiger partial charge on any atom is -0.307 e. The van der Waals surface area contributed by atoms with E-state index < -0.39 is 4.92 Å². The largest absolute Gasteiger partial charge is 0.326 e. The van der Waals surface area contributed by atoms with Gasteiger partial charge in [-0.05, 0) is 41.9 Å². The van der Waals surface area contributed by atoms with E-state index >= 15 is 0 Å². The van der Waals surface area contributed by atoms with Crippen molar-refractivity contribution in [2.75, 3.05) is 10.2 Å². The van der Waals surface area contributed by atoms with E-state index in [1.54, 1.807) is 17.0 Å². The fourth-order valence-corrected chi connectivity index (χ4v) is 4.61. The third-order valence-electron chi connectivity index (χ3n) is 6.58. The van der Waals surface area contributed by atoms with Crippen LogP contribution in [-0.4, -0.2) is 17.0 Å². The molecule has 2 aromatic rings. The van der Waals surface area contributed by atoms with Gasteiger partial charge in [0.25, 0.3) is 5.69 Å². The van der Waals surface area contributed by atoms with Gasteiger partial charge in [0.05, 0.1) is 4.92 Å². The predicted octanol–water partition coefficient (Wildman–Crippen LogP) is 5.70. The van der Waals surface area contributed by atoms with E-state index in [1.165, 1.54) is 12.1 Å². The highest BCUT2D eigenvalue weighted by Gasteiger charge is 2.67. The molecular weight excluding hydrogens is 354 g/mol. The zero-order chi connectivity index (χ0) is 20.7. The number of amides is 2. The number of nitrogens with zero attached hydrogens (tertiary/aromatic N) is 2. The molecule has 0 aliphatic heterocycles. The van der Waals surface area contributed by atoms with Crippen molar-refractivity contribution in [3.05, 3.63) is 64.7 Å². The number of anilines is 2. The first-order chi connectivity index (χ1) is 13.1. The van der Waals surface area contributed by atoms with Gasteiger partial charge in [0.2, 0.25) is 0 Å². The summed E-state index contributed by atoms with van der Waals surface area (Å²) in [5, 5.41) is 13.9. The summed E-state index contributed by atoms with van der Waals surface area (Å²) >= 11 is 0. The molecule has 1 N–H and O–H groups in total. The first-order valence-corrected chi connectivity index (χ1v) is 9.47. The molecule has 0 saturated heterocycles. The van der Waals surface area contributed by atoms with Crippen LogP contribution in [0.25, 0.3) is 0 Å². The van der Waals surface area contributed by atoms with Crippen LogP contribution in [0.3, 0.4) is 0 Å². The number of carbonyl (C=O) groups is 1. The summed E-state index contributed by atoms with van der Waals surface area (Å²) in [6.07, 6.45) is 0. The highest BCUT2D eigenvalue weighted by atomic mass is 16.6. The van der Waals surface area contributed by atoms with Crippen molar-refractivity contribution in [2.45, 2.75) is 40.7 Å². The number of nitro benzene ring substituents is 1. The van der Waals surface area contributed by atoms with Crippen LogP contribution in [0, 0.1) is 26.9 Å². The van der Waals surface area contributed by atoms with E-state index in [2.05, 4.69) is 39.9 Å². The summed E-state index contributed by atoms with van der Waals surface area (Å²) in [7, 11) is 0. The smallest absolute Gasteiger partial charge is 0.307 e. The topological polar surface area (TPSA) is 75.5 Å². The van der Waals surface area contributed by atoms with Crippen LogP contribution in [0.1, 0.15) is 34.6 Å². The molecule has 148 valence electrons. The summed E-state index contributed by atoms with van der Waals surface area (Å²) in [6, 6.07) is 15.2. The third kappa shape index (κ3) is 3.35. The van der Waals surface area contributed by atoms with Crippen LogP contribution < -0.4 is 10.2 Å². The monoisotopic (exact) mass is 381 g/mol. The van der Waals surface area contributed by atoms with Gasteiger partial charge >= 0.3 is 6.03 Å². The minimum atomic E-state index is -0.470. The number of nitrogens with one attached hydrogen (secondary N) is 1. The molecule has 0 spiro atoms. The van der Waals surface area contributed by atoms with Crippen LogP contribution in [0.2, 0.25) is 0 Å². The maximum Gasteiger partial charge on any atom is 0.326 e. The number of hydrogen-bond donors (Lipinski definition) is 1. The Balaban J connectivity index is 1.91. The maximum absolute atomic E-state index is 13.2. The molecule has 3 rings (SSSR count). The molecule has 1 aliphatic carbocycles. The molecule has 2 amide bonds.